The highest BCUT2D eigenvalue weighted by atomic mass is 32.1. The maximum absolute atomic E-state index is 13.1. The van der Waals surface area contributed by atoms with Crippen molar-refractivity contribution in [1.29, 1.82) is 0 Å². The third-order valence-corrected chi connectivity index (χ3v) is 6.63. The van der Waals surface area contributed by atoms with Crippen LogP contribution in [0.1, 0.15) is 31.8 Å². The standard InChI is InChI=1S/C32H28N2O6S/c1-38-28-18-21(19-29(39-2)30(28)40-3)9-14-27(35)23-10-12-25(13-11-23)33-32(37)26(17-22-15-16-41-20-22)34-31(36)24-7-5-4-6-8-24/h4-20H,1-3H3,(H,33,37)(H,34,36)/b14-9+,26-17-. The number of carbonyl (C=O) groups excluding carboxylic acids is 3. The van der Waals surface area contributed by atoms with Crippen molar-refractivity contribution in [2.24, 2.45) is 0 Å². The SMILES string of the molecule is COc1cc(/C=C/C(=O)c2ccc(NC(=O)/C(=C/c3ccsc3)NC(=O)c3ccccc3)cc2)cc(OC)c1OC. The van der Waals surface area contributed by atoms with Crippen LogP contribution in [-0.2, 0) is 4.79 Å². The van der Waals surface area contributed by atoms with Gasteiger partial charge in [0.2, 0.25) is 5.75 Å². The first-order valence-corrected chi connectivity index (χ1v) is 13.4. The second-order valence-corrected chi connectivity index (χ2v) is 9.40. The molecule has 0 aliphatic heterocycles. The summed E-state index contributed by atoms with van der Waals surface area (Å²) >= 11 is 1.48. The summed E-state index contributed by atoms with van der Waals surface area (Å²) in [5.41, 5.74) is 2.89. The Morgan fingerprint density at radius 2 is 1.46 bits per heavy atom. The van der Waals surface area contributed by atoms with Gasteiger partial charge in [0.15, 0.2) is 17.3 Å². The number of carbonyl (C=O) groups is 3. The molecule has 8 nitrogen and oxygen atoms in total. The Balaban J connectivity index is 1.46. The lowest BCUT2D eigenvalue weighted by molar-refractivity contribution is -0.113. The zero-order valence-electron chi connectivity index (χ0n) is 22.7. The van der Waals surface area contributed by atoms with Crippen LogP contribution in [0.25, 0.3) is 12.2 Å². The van der Waals surface area contributed by atoms with Crippen molar-refractivity contribution in [1.82, 2.24) is 5.32 Å². The van der Waals surface area contributed by atoms with Gasteiger partial charge in [-0.3, -0.25) is 14.4 Å². The van der Waals surface area contributed by atoms with Crippen LogP contribution in [0.2, 0.25) is 0 Å². The molecule has 0 saturated heterocycles. The predicted octanol–water partition coefficient (Wildman–Crippen LogP) is 6.08. The highest BCUT2D eigenvalue weighted by Crippen LogP contribution is 2.38. The summed E-state index contributed by atoms with van der Waals surface area (Å²) in [4.78, 5) is 38.7. The molecule has 0 fully saturated rings. The number of methoxy groups -OCH3 is 3. The van der Waals surface area contributed by atoms with E-state index in [9.17, 15) is 14.4 Å². The molecule has 0 spiro atoms. The van der Waals surface area contributed by atoms with Crippen LogP contribution in [0, 0.1) is 0 Å². The van der Waals surface area contributed by atoms with E-state index in [2.05, 4.69) is 10.6 Å². The molecule has 208 valence electrons. The molecule has 0 atom stereocenters. The van der Waals surface area contributed by atoms with Gasteiger partial charge in [0.1, 0.15) is 5.70 Å². The molecule has 2 N–H and O–H groups in total. The molecule has 0 aliphatic rings. The van der Waals surface area contributed by atoms with E-state index >= 15 is 0 Å². The normalized spacial score (nSPS) is 11.1. The van der Waals surface area contributed by atoms with Gasteiger partial charge in [-0.05, 0) is 88.6 Å². The number of hydrogen-bond acceptors (Lipinski definition) is 7. The maximum Gasteiger partial charge on any atom is 0.272 e. The third kappa shape index (κ3) is 7.49. The fourth-order valence-electron chi connectivity index (χ4n) is 3.85. The predicted molar refractivity (Wildman–Crippen MR) is 161 cm³/mol. The molecular formula is C32H28N2O6S. The number of allylic oxidation sites excluding steroid dienone is 1. The molecule has 3 aromatic carbocycles. The van der Waals surface area contributed by atoms with E-state index in [1.54, 1.807) is 72.8 Å². The van der Waals surface area contributed by atoms with Crippen molar-refractivity contribution in [2.75, 3.05) is 26.6 Å². The second-order valence-electron chi connectivity index (χ2n) is 8.62. The van der Waals surface area contributed by atoms with Crippen molar-refractivity contribution < 1.29 is 28.6 Å². The number of ether oxygens (including phenoxy) is 3. The van der Waals surface area contributed by atoms with Gasteiger partial charge in [-0.1, -0.05) is 24.3 Å². The van der Waals surface area contributed by atoms with Crippen LogP contribution in [0.15, 0.2) is 95.3 Å². The smallest absolute Gasteiger partial charge is 0.272 e. The summed E-state index contributed by atoms with van der Waals surface area (Å²) in [6.45, 7) is 0. The van der Waals surface area contributed by atoms with E-state index in [1.165, 1.54) is 38.7 Å². The molecule has 1 aromatic heterocycles. The number of hydrogen-bond donors (Lipinski definition) is 2. The minimum absolute atomic E-state index is 0.0886. The largest absolute Gasteiger partial charge is 0.493 e. The van der Waals surface area contributed by atoms with E-state index in [1.807, 2.05) is 22.9 Å². The zero-order chi connectivity index (χ0) is 29.2. The van der Waals surface area contributed by atoms with E-state index < -0.39 is 11.8 Å². The highest BCUT2D eigenvalue weighted by molar-refractivity contribution is 7.08. The molecule has 4 rings (SSSR count). The number of thiophene rings is 1. The van der Waals surface area contributed by atoms with E-state index in [0.717, 1.165) is 5.56 Å². The topological polar surface area (TPSA) is 103 Å². The molecule has 41 heavy (non-hydrogen) atoms. The Morgan fingerprint density at radius 1 is 0.780 bits per heavy atom. The molecule has 0 radical (unpaired) electrons. The summed E-state index contributed by atoms with van der Waals surface area (Å²) < 4.78 is 16.1. The fourth-order valence-corrected chi connectivity index (χ4v) is 4.47. The lowest BCUT2D eigenvalue weighted by Gasteiger charge is -2.12. The van der Waals surface area contributed by atoms with Gasteiger partial charge in [0, 0.05) is 16.8 Å². The quantitative estimate of drug-likeness (QED) is 0.168. The first-order chi connectivity index (χ1) is 19.9. The maximum atomic E-state index is 13.1. The van der Waals surface area contributed by atoms with Crippen molar-refractivity contribution in [3.8, 4) is 17.2 Å². The first-order valence-electron chi connectivity index (χ1n) is 12.5. The van der Waals surface area contributed by atoms with Gasteiger partial charge < -0.3 is 24.8 Å². The summed E-state index contributed by atoms with van der Waals surface area (Å²) in [5, 5.41) is 9.24. The molecule has 0 bridgehead atoms. The Kier molecular flexibility index (Phi) is 9.69. The summed E-state index contributed by atoms with van der Waals surface area (Å²) in [5.74, 6) is 0.288. The highest BCUT2D eigenvalue weighted by Gasteiger charge is 2.16. The number of rotatable bonds is 11. The summed E-state index contributed by atoms with van der Waals surface area (Å²) in [6, 6.07) is 20.4. The van der Waals surface area contributed by atoms with Crippen LogP contribution >= 0.6 is 11.3 Å². The van der Waals surface area contributed by atoms with Crippen molar-refractivity contribution in [3.63, 3.8) is 0 Å². The first kappa shape index (κ1) is 28.8. The number of ketones is 1. The van der Waals surface area contributed by atoms with Gasteiger partial charge >= 0.3 is 0 Å². The van der Waals surface area contributed by atoms with E-state index in [0.29, 0.717) is 39.6 Å². The van der Waals surface area contributed by atoms with Gasteiger partial charge in [-0.15, -0.1) is 0 Å². The summed E-state index contributed by atoms with van der Waals surface area (Å²) in [6.07, 6.45) is 4.70. The molecule has 1 heterocycles. The third-order valence-electron chi connectivity index (χ3n) is 5.92. The van der Waals surface area contributed by atoms with Crippen molar-refractivity contribution in [2.45, 2.75) is 0 Å². The van der Waals surface area contributed by atoms with Crippen LogP contribution < -0.4 is 24.8 Å². The van der Waals surface area contributed by atoms with E-state index in [-0.39, 0.29) is 11.5 Å². The average Bonchev–Trinajstić information content (AvgIpc) is 3.52. The van der Waals surface area contributed by atoms with Gasteiger partial charge in [-0.25, -0.2) is 0 Å². The van der Waals surface area contributed by atoms with Gasteiger partial charge in [0.05, 0.1) is 21.3 Å². The van der Waals surface area contributed by atoms with Crippen molar-refractivity contribution >= 4 is 46.8 Å². The lowest BCUT2D eigenvalue weighted by atomic mass is 10.1. The Labute approximate surface area is 241 Å². The van der Waals surface area contributed by atoms with Crippen LogP contribution in [0.5, 0.6) is 17.2 Å². The molecular weight excluding hydrogens is 540 g/mol. The van der Waals surface area contributed by atoms with Crippen LogP contribution in [0.3, 0.4) is 0 Å². The molecule has 2 amide bonds. The Hall–Kier alpha value is -5.15. The summed E-state index contributed by atoms with van der Waals surface area (Å²) in [7, 11) is 4.57. The molecule has 0 unspecified atom stereocenters. The van der Waals surface area contributed by atoms with Crippen LogP contribution in [-0.4, -0.2) is 38.9 Å². The fraction of sp³-hybridized carbons (Fsp3) is 0.0938. The monoisotopic (exact) mass is 568 g/mol. The average molecular weight is 569 g/mol. The van der Waals surface area contributed by atoms with Gasteiger partial charge in [0.25, 0.3) is 11.8 Å². The van der Waals surface area contributed by atoms with E-state index in [4.69, 9.17) is 14.2 Å². The molecule has 4 aromatic rings. The van der Waals surface area contributed by atoms with Crippen LogP contribution in [0.4, 0.5) is 5.69 Å². The number of nitrogens with one attached hydrogen (secondary N) is 2. The number of anilines is 1. The minimum Gasteiger partial charge on any atom is -0.493 e. The number of benzene rings is 3. The number of amides is 2. The zero-order valence-corrected chi connectivity index (χ0v) is 23.5. The molecule has 9 heteroatoms. The van der Waals surface area contributed by atoms with Gasteiger partial charge in [-0.2, -0.15) is 11.3 Å². The lowest BCUT2D eigenvalue weighted by Crippen LogP contribution is -2.30. The second kappa shape index (κ2) is 13.8. The van der Waals surface area contributed by atoms with Crippen molar-refractivity contribution in [3.05, 3.63) is 118 Å². The minimum atomic E-state index is -0.498. The molecule has 0 aliphatic carbocycles. The molecule has 0 saturated carbocycles. The Morgan fingerprint density at radius 3 is 2.05 bits per heavy atom. The Bertz CT molecular complexity index is 1550.